The minimum atomic E-state index is -1.24. The number of aromatic nitrogens is 2. The third-order valence-electron chi connectivity index (χ3n) is 3.55. The fraction of sp³-hybridized carbons (Fsp3) is 0.118. The molecule has 0 amide bonds. The van der Waals surface area contributed by atoms with E-state index in [-0.39, 0.29) is 30.2 Å². The molecule has 3 rings (SSSR count). The highest BCUT2D eigenvalue weighted by Gasteiger charge is 2.12. The predicted molar refractivity (Wildman–Crippen MR) is 82.4 cm³/mol. The van der Waals surface area contributed by atoms with E-state index in [2.05, 4.69) is 4.98 Å². The lowest BCUT2D eigenvalue weighted by molar-refractivity contribution is 0.0660. The summed E-state index contributed by atoms with van der Waals surface area (Å²) in [5.41, 5.74) is -0.0892. The molecular weight excluding hydrogens is 334 g/mol. The number of nitrogens with zero attached hydrogens (tertiary/aromatic N) is 2. The summed E-state index contributed by atoms with van der Waals surface area (Å²) in [4.78, 5) is 26.2. The van der Waals surface area contributed by atoms with Crippen molar-refractivity contribution < 1.29 is 23.1 Å². The maximum atomic E-state index is 14.2. The van der Waals surface area contributed by atoms with Gasteiger partial charge in [-0.05, 0) is 23.8 Å². The van der Waals surface area contributed by atoms with Gasteiger partial charge in [0.1, 0.15) is 5.82 Å². The molecule has 0 spiro atoms. The first-order valence-corrected chi connectivity index (χ1v) is 7.24. The Morgan fingerprint density at radius 2 is 2.04 bits per heavy atom. The fourth-order valence-electron chi connectivity index (χ4n) is 2.31. The van der Waals surface area contributed by atoms with E-state index in [0.29, 0.717) is 5.56 Å². The van der Waals surface area contributed by atoms with E-state index in [4.69, 9.17) is 9.52 Å². The van der Waals surface area contributed by atoms with Gasteiger partial charge < -0.3 is 14.1 Å². The van der Waals surface area contributed by atoms with E-state index in [1.54, 1.807) is 6.07 Å². The lowest BCUT2D eigenvalue weighted by Gasteiger charge is -2.08. The summed E-state index contributed by atoms with van der Waals surface area (Å²) in [7, 11) is 0. The molecule has 6 nitrogen and oxygen atoms in total. The Hall–Kier alpha value is -3.29. The van der Waals surface area contributed by atoms with Crippen molar-refractivity contribution in [2.75, 3.05) is 0 Å². The molecule has 1 aromatic carbocycles. The second-order valence-electron chi connectivity index (χ2n) is 5.32. The van der Waals surface area contributed by atoms with Gasteiger partial charge in [0.15, 0.2) is 11.7 Å². The van der Waals surface area contributed by atoms with Crippen molar-refractivity contribution >= 4 is 5.97 Å². The number of halogens is 2. The van der Waals surface area contributed by atoms with E-state index in [0.717, 1.165) is 16.8 Å². The summed E-state index contributed by atoms with van der Waals surface area (Å²) in [6, 6.07) is 6.73. The highest BCUT2D eigenvalue weighted by molar-refractivity contribution is 5.83. The minimum Gasteiger partial charge on any atom is -0.475 e. The first-order valence-electron chi connectivity index (χ1n) is 7.24. The summed E-state index contributed by atoms with van der Waals surface area (Å²) in [6.07, 6.45) is 2.57. The molecule has 0 saturated carbocycles. The van der Waals surface area contributed by atoms with Crippen molar-refractivity contribution in [3.63, 3.8) is 0 Å². The maximum absolute atomic E-state index is 14.2. The lowest BCUT2D eigenvalue weighted by atomic mass is 10.1. The van der Waals surface area contributed by atoms with Gasteiger partial charge >= 0.3 is 5.97 Å². The number of hydrogen-bond donors (Lipinski definition) is 1. The topological polar surface area (TPSA) is 85.3 Å². The second kappa shape index (κ2) is 6.68. The van der Waals surface area contributed by atoms with Crippen molar-refractivity contribution in [3.05, 3.63) is 87.5 Å². The number of hydrogen-bond acceptors (Lipinski definition) is 4. The Balaban J connectivity index is 1.79. The molecule has 0 unspecified atom stereocenters. The molecule has 0 bridgehead atoms. The van der Waals surface area contributed by atoms with Gasteiger partial charge in [0.05, 0.1) is 12.7 Å². The predicted octanol–water partition coefficient (Wildman–Crippen LogP) is 2.45. The quantitative estimate of drug-likeness (QED) is 0.767. The number of carboxylic acid groups (broad SMARTS) is 1. The van der Waals surface area contributed by atoms with Gasteiger partial charge in [0.2, 0.25) is 5.76 Å². The zero-order valence-corrected chi connectivity index (χ0v) is 12.8. The Kier molecular flexibility index (Phi) is 4.42. The molecule has 0 aliphatic heterocycles. The van der Waals surface area contributed by atoms with E-state index < -0.39 is 23.2 Å². The van der Waals surface area contributed by atoms with Gasteiger partial charge in [-0.1, -0.05) is 12.1 Å². The van der Waals surface area contributed by atoms with Gasteiger partial charge in [-0.15, -0.1) is 0 Å². The molecule has 1 N–H and O–H groups in total. The first kappa shape index (κ1) is 16.6. The second-order valence-corrected chi connectivity index (χ2v) is 5.32. The van der Waals surface area contributed by atoms with Gasteiger partial charge in [-0.25, -0.2) is 18.6 Å². The smallest absolute Gasteiger partial charge is 0.373 e. The molecule has 0 fully saturated rings. The van der Waals surface area contributed by atoms with Crippen LogP contribution >= 0.6 is 0 Å². The third kappa shape index (κ3) is 3.63. The van der Waals surface area contributed by atoms with Crippen LogP contribution in [0.25, 0.3) is 0 Å². The fourth-order valence-corrected chi connectivity index (χ4v) is 2.31. The molecule has 0 atom stereocenters. The Bertz CT molecular complexity index is 994. The van der Waals surface area contributed by atoms with Crippen molar-refractivity contribution in [2.45, 2.75) is 13.0 Å². The van der Waals surface area contributed by atoms with E-state index in [1.165, 1.54) is 24.4 Å². The number of pyridine rings is 1. The van der Waals surface area contributed by atoms with Gasteiger partial charge in [-0.2, -0.15) is 0 Å². The van der Waals surface area contributed by atoms with Crippen LogP contribution in [0, 0.1) is 11.6 Å². The van der Waals surface area contributed by atoms with Crippen LogP contribution in [0.1, 0.15) is 27.6 Å². The molecule has 2 aromatic heterocycles. The number of oxazole rings is 1. The zero-order chi connectivity index (χ0) is 18.0. The highest BCUT2D eigenvalue weighted by atomic mass is 19.1. The SMILES string of the molecule is O=C(O)c1cnc(Cc2ccc(Cn3cccc(F)c3=O)c(F)c2)o1. The number of carboxylic acids is 1. The molecule has 25 heavy (non-hydrogen) atoms. The standard InChI is InChI=1S/C17H12F2N2O4/c18-12-2-1-5-21(16(12)22)9-11-4-3-10(6-13(11)19)7-15-20-8-14(25-15)17(23)24/h1-6,8H,7,9H2,(H,23,24). The summed E-state index contributed by atoms with van der Waals surface area (Å²) in [5.74, 6) is -2.86. The number of carbonyl (C=O) groups is 1. The van der Waals surface area contributed by atoms with Crippen LogP contribution < -0.4 is 5.56 Å². The van der Waals surface area contributed by atoms with Crippen LogP contribution in [0.4, 0.5) is 8.78 Å². The molecule has 0 aliphatic rings. The van der Waals surface area contributed by atoms with Crippen LogP contribution in [0.15, 0.2) is 51.9 Å². The van der Waals surface area contributed by atoms with Crippen molar-refractivity contribution in [2.24, 2.45) is 0 Å². The summed E-state index contributed by atoms with van der Waals surface area (Å²) in [5, 5.41) is 8.78. The monoisotopic (exact) mass is 346 g/mol. The van der Waals surface area contributed by atoms with Crippen LogP contribution in [-0.2, 0) is 13.0 Å². The van der Waals surface area contributed by atoms with E-state index in [1.807, 2.05) is 0 Å². The molecule has 2 heterocycles. The molecule has 0 radical (unpaired) electrons. The van der Waals surface area contributed by atoms with Gasteiger partial charge in [0.25, 0.3) is 5.56 Å². The van der Waals surface area contributed by atoms with Crippen molar-refractivity contribution in [1.82, 2.24) is 9.55 Å². The van der Waals surface area contributed by atoms with Crippen molar-refractivity contribution in [1.29, 1.82) is 0 Å². The van der Waals surface area contributed by atoms with Crippen LogP contribution in [0.2, 0.25) is 0 Å². The summed E-state index contributed by atoms with van der Waals surface area (Å²) >= 11 is 0. The molecule has 8 heteroatoms. The molecule has 128 valence electrons. The Morgan fingerprint density at radius 1 is 1.24 bits per heavy atom. The normalized spacial score (nSPS) is 10.8. The maximum Gasteiger partial charge on any atom is 0.373 e. The number of aromatic carboxylic acids is 1. The van der Waals surface area contributed by atoms with E-state index >= 15 is 0 Å². The average Bonchev–Trinajstić information content (AvgIpc) is 3.03. The van der Waals surface area contributed by atoms with Gasteiger partial charge in [0, 0.05) is 18.2 Å². The van der Waals surface area contributed by atoms with Crippen molar-refractivity contribution in [3.8, 4) is 0 Å². The van der Waals surface area contributed by atoms with Gasteiger partial charge in [-0.3, -0.25) is 4.79 Å². The molecular formula is C17H12F2N2O4. The minimum absolute atomic E-state index is 0.106. The third-order valence-corrected chi connectivity index (χ3v) is 3.55. The largest absolute Gasteiger partial charge is 0.475 e. The van der Waals surface area contributed by atoms with Crippen LogP contribution in [-0.4, -0.2) is 20.6 Å². The summed E-state index contributed by atoms with van der Waals surface area (Å²) in [6.45, 7) is -0.106. The van der Waals surface area contributed by atoms with Crippen LogP contribution in [0.3, 0.4) is 0 Å². The number of benzene rings is 1. The lowest BCUT2D eigenvalue weighted by Crippen LogP contribution is -2.22. The summed E-state index contributed by atoms with van der Waals surface area (Å²) < 4.78 is 33.6. The Labute approximate surface area is 140 Å². The molecule has 3 aromatic rings. The first-order chi connectivity index (χ1) is 11.9. The zero-order valence-electron chi connectivity index (χ0n) is 12.8. The van der Waals surface area contributed by atoms with E-state index in [9.17, 15) is 18.4 Å². The Morgan fingerprint density at radius 3 is 2.72 bits per heavy atom. The number of rotatable bonds is 5. The average molecular weight is 346 g/mol. The molecule has 0 aliphatic carbocycles. The van der Waals surface area contributed by atoms with Crippen LogP contribution in [0.5, 0.6) is 0 Å². The highest BCUT2D eigenvalue weighted by Crippen LogP contribution is 2.15. The molecule has 0 saturated heterocycles.